The second kappa shape index (κ2) is 5.25. The molecule has 0 spiro atoms. The highest BCUT2D eigenvalue weighted by molar-refractivity contribution is 9.10. The quantitative estimate of drug-likeness (QED) is 0.767. The lowest BCUT2D eigenvalue weighted by Crippen LogP contribution is -2.02. The molecule has 0 aliphatic rings. The molecule has 0 aliphatic heterocycles. The molecular weight excluding hydrogens is 346 g/mol. The highest BCUT2D eigenvalue weighted by atomic mass is 79.9. The summed E-state index contributed by atoms with van der Waals surface area (Å²) in [6.07, 6.45) is -1.22. The van der Waals surface area contributed by atoms with Gasteiger partial charge in [-0.25, -0.2) is 8.78 Å². The number of thiophene rings is 1. The Balaban J connectivity index is 2.49. The van der Waals surface area contributed by atoms with Crippen LogP contribution in [0.25, 0.3) is 0 Å². The van der Waals surface area contributed by atoms with E-state index in [0.29, 0.717) is 9.35 Å². The van der Waals surface area contributed by atoms with E-state index in [1.165, 1.54) is 11.3 Å². The largest absolute Gasteiger partial charge is 0.383 e. The van der Waals surface area contributed by atoms with Crippen molar-refractivity contribution in [3.8, 4) is 0 Å². The Bertz CT molecular complexity index is 600. The Kier molecular flexibility index (Phi) is 4.06. The van der Waals surface area contributed by atoms with Crippen molar-refractivity contribution in [3.05, 3.63) is 54.6 Å². The van der Waals surface area contributed by atoms with E-state index in [9.17, 15) is 13.9 Å². The van der Waals surface area contributed by atoms with Crippen LogP contribution >= 0.6 is 38.9 Å². The van der Waals surface area contributed by atoms with Crippen LogP contribution in [-0.4, -0.2) is 5.11 Å². The molecule has 0 radical (unpaired) electrons. The van der Waals surface area contributed by atoms with Crippen molar-refractivity contribution < 1.29 is 13.9 Å². The molecule has 0 amide bonds. The van der Waals surface area contributed by atoms with Crippen molar-refractivity contribution in [2.45, 2.75) is 13.0 Å². The van der Waals surface area contributed by atoms with Gasteiger partial charge in [-0.05, 0) is 41.1 Å². The first-order chi connectivity index (χ1) is 8.40. The molecule has 0 bridgehead atoms. The van der Waals surface area contributed by atoms with Gasteiger partial charge in [-0.2, -0.15) is 0 Å². The summed E-state index contributed by atoms with van der Waals surface area (Å²) in [5, 5.41) is 9.81. The molecule has 96 valence electrons. The minimum Gasteiger partial charge on any atom is -0.383 e. The molecule has 6 heteroatoms. The fraction of sp³-hybridized carbons (Fsp3) is 0.167. The topological polar surface area (TPSA) is 20.2 Å². The number of benzene rings is 1. The summed E-state index contributed by atoms with van der Waals surface area (Å²) >= 11 is 10.1. The van der Waals surface area contributed by atoms with Gasteiger partial charge in [0, 0.05) is 14.9 Å². The maximum Gasteiger partial charge on any atom is 0.142 e. The average Bonchev–Trinajstić information content (AvgIpc) is 2.62. The fourth-order valence-electron chi connectivity index (χ4n) is 1.58. The molecule has 0 aliphatic carbocycles. The summed E-state index contributed by atoms with van der Waals surface area (Å²) in [7, 11) is 0. The number of aliphatic hydroxyl groups excluding tert-OH is 1. The molecule has 0 saturated heterocycles. The van der Waals surface area contributed by atoms with Gasteiger partial charge in [0.25, 0.3) is 0 Å². The van der Waals surface area contributed by atoms with E-state index < -0.39 is 17.7 Å². The number of aryl methyl sites for hydroxylation is 1. The number of hydrogen-bond acceptors (Lipinski definition) is 2. The SMILES string of the molecule is Cc1cc(Br)c(C(O)c2cc(F)c(Cl)cc2F)s1. The standard InChI is InChI=1S/C12H8BrClF2OS/c1-5-2-7(13)12(18-5)11(17)6-3-10(16)8(14)4-9(6)15/h2-4,11,17H,1H3. The van der Waals surface area contributed by atoms with E-state index in [1.807, 2.05) is 13.0 Å². The lowest BCUT2D eigenvalue weighted by Gasteiger charge is -2.11. The molecule has 1 N–H and O–H groups in total. The van der Waals surface area contributed by atoms with Gasteiger partial charge in [-0.3, -0.25) is 0 Å². The second-order valence-electron chi connectivity index (χ2n) is 3.76. The first-order valence-electron chi connectivity index (χ1n) is 4.98. The molecule has 18 heavy (non-hydrogen) atoms. The molecule has 2 rings (SSSR count). The highest BCUT2D eigenvalue weighted by Gasteiger charge is 2.21. The van der Waals surface area contributed by atoms with Gasteiger partial charge in [-0.1, -0.05) is 11.6 Å². The molecule has 1 heterocycles. The molecule has 1 atom stereocenters. The summed E-state index contributed by atoms with van der Waals surface area (Å²) < 4.78 is 27.7. The first kappa shape index (κ1) is 13.9. The molecule has 1 aromatic carbocycles. The van der Waals surface area contributed by atoms with Crippen molar-refractivity contribution in [1.82, 2.24) is 0 Å². The van der Waals surface area contributed by atoms with Crippen LogP contribution in [0.2, 0.25) is 5.02 Å². The Labute approximate surface area is 120 Å². The zero-order valence-corrected chi connectivity index (χ0v) is 12.3. The predicted molar refractivity (Wildman–Crippen MR) is 72.2 cm³/mol. The maximum absolute atomic E-state index is 13.7. The predicted octanol–water partition coefficient (Wildman–Crippen LogP) is 4.83. The minimum atomic E-state index is -1.22. The molecule has 0 saturated carbocycles. The number of hydrogen-bond donors (Lipinski definition) is 1. The monoisotopic (exact) mass is 352 g/mol. The van der Waals surface area contributed by atoms with Crippen LogP contribution in [0, 0.1) is 18.6 Å². The summed E-state index contributed by atoms with van der Waals surface area (Å²) in [6, 6.07) is 3.60. The van der Waals surface area contributed by atoms with Gasteiger partial charge in [0.05, 0.1) is 9.90 Å². The van der Waals surface area contributed by atoms with Crippen molar-refractivity contribution in [3.63, 3.8) is 0 Å². The van der Waals surface area contributed by atoms with Crippen LogP contribution < -0.4 is 0 Å². The summed E-state index contributed by atoms with van der Waals surface area (Å²) in [4.78, 5) is 1.50. The molecule has 1 unspecified atom stereocenters. The lowest BCUT2D eigenvalue weighted by atomic mass is 10.1. The Morgan fingerprint density at radius 2 is 1.94 bits per heavy atom. The average molecular weight is 354 g/mol. The molecular formula is C12H8BrClF2OS. The van der Waals surface area contributed by atoms with E-state index >= 15 is 0 Å². The van der Waals surface area contributed by atoms with Gasteiger partial charge in [-0.15, -0.1) is 11.3 Å². The first-order valence-corrected chi connectivity index (χ1v) is 6.97. The third-order valence-corrected chi connectivity index (χ3v) is 4.73. The van der Waals surface area contributed by atoms with Crippen LogP contribution in [0.3, 0.4) is 0 Å². The van der Waals surface area contributed by atoms with E-state index in [2.05, 4.69) is 15.9 Å². The van der Waals surface area contributed by atoms with E-state index in [1.54, 1.807) is 0 Å². The van der Waals surface area contributed by atoms with Crippen molar-refractivity contribution in [1.29, 1.82) is 0 Å². The van der Waals surface area contributed by atoms with Crippen molar-refractivity contribution in [2.24, 2.45) is 0 Å². The number of aliphatic hydroxyl groups is 1. The number of halogens is 4. The number of rotatable bonds is 2. The summed E-state index contributed by atoms with van der Waals surface area (Å²) in [5.74, 6) is -1.48. The zero-order valence-electron chi connectivity index (χ0n) is 9.18. The molecule has 1 nitrogen and oxygen atoms in total. The third-order valence-electron chi connectivity index (χ3n) is 2.42. The Hall–Kier alpha value is -0.490. The zero-order chi connectivity index (χ0) is 13.4. The normalized spacial score (nSPS) is 12.8. The molecule has 2 aromatic rings. The minimum absolute atomic E-state index is 0.126. The fourth-order valence-corrected chi connectivity index (χ4v) is 3.60. The van der Waals surface area contributed by atoms with Gasteiger partial charge in [0.1, 0.15) is 17.7 Å². The van der Waals surface area contributed by atoms with Crippen LogP contribution in [0.1, 0.15) is 21.4 Å². The van der Waals surface area contributed by atoms with E-state index in [0.717, 1.165) is 17.0 Å². The van der Waals surface area contributed by atoms with Crippen LogP contribution in [0.5, 0.6) is 0 Å². The van der Waals surface area contributed by atoms with Crippen LogP contribution in [-0.2, 0) is 0 Å². The van der Waals surface area contributed by atoms with E-state index in [-0.39, 0.29) is 10.6 Å². The Morgan fingerprint density at radius 3 is 2.50 bits per heavy atom. The maximum atomic E-state index is 13.7. The summed E-state index contributed by atoms with van der Waals surface area (Å²) in [6.45, 7) is 1.87. The molecule has 0 fully saturated rings. The molecule has 1 aromatic heterocycles. The third kappa shape index (κ3) is 2.59. The van der Waals surface area contributed by atoms with Crippen LogP contribution in [0.15, 0.2) is 22.7 Å². The lowest BCUT2D eigenvalue weighted by molar-refractivity contribution is 0.217. The van der Waals surface area contributed by atoms with Crippen LogP contribution in [0.4, 0.5) is 8.78 Å². The van der Waals surface area contributed by atoms with Gasteiger partial charge in [0.2, 0.25) is 0 Å². The van der Waals surface area contributed by atoms with Gasteiger partial charge in [0.15, 0.2) is 0 Å². The van der Waals surface area contributed by atoms with Gasteiger partial charge >= 0.3 is 0 Å². The summed E-state index contributed by atoms with van der Waals surface area (Å²) in [5.41, 5.74) is -0.126. The Morgan fingerprint density at radius 1 is 1.28 bits per heavy atom. The highest BCUT2D eigenvalue weighted by Crippen LogP contribution is 2.37. The van der Waals surface area contributed by atoms with Crippen molar-refractivity contribution in [2.75, 3.05) is 0 Å². The second-order valence-corrected chi connectivity index (χ2v) is 6.31. The van der Waals surface area contributed by atoms with Gasteiger partial charge < -0.3 is 5.11 Å². The smallest absolute Gasteiger partial charge is 0.142 e. The van der Waals surface area contributed by atoms with Crippen molar-refractivity contribution >= 4 is 38.9 Å². The van der Waals surface area contributed by atoms with E-state index in [4.69, 9.17) is 11.6 Å².